The number of nitrogens with two attached hydrogens (primary N) is 1. The molecule has 21 heavy (non-hydrogen) atoms. The molecule has 0 aromatic heterocycles. The Hall–Kier alpha value is -1.52. The van der Waals surface area contributed by atoms with Crippen LogP contribution in [0.5, 0.6) is 5.75 Å². The standard InChI is InChI=1S/C17H20FNOS/c1-11-8-17(20-3)12(2)7-15(11)16(19)10-21-14-6-4-5-13(18)9-14/h4-9,16H,10,19H2,1-3H3. The second-order valence-electron chi connectivity index (χ2n) is 5.05. The zero-order valence-electron chi connectivity index (χ0n) is 12.5. The number of hydrogen-bond acceptors (Lipinski definition) is 3. The molecule has 4 heteroatoms. The van der Waals surface area contributed by atoms with E-state index in [1.165, 1.54) is 12.1 Å². The van der Waals surface area contributed by atoms with Crippen molar-refractivity contribution in [1.29, 1.82) is 0 Å². The molecule has 2 rings (SSSR count). The number of benzene rings is 2. The maximum Gasteiger partial charge on any atom is 0.124 e. The number of thioether (sulfide) groups is 1. The summed E-state index contributed by atoms with van der Waals surface area (Å²) in [6.07, 6.45) is 0. The van der Waals surface area contributed by atoms with E-state index in [0.29, 0.717) is 5.75 Å². The fraction of sp³-hybridized carbons (Fsp3) is 0.294. The van der Waals surface area contributed by atoms with Gasteiger partial charge in [0.2, 0.25) is 0 Å². The molecule has 0 saturated heterocycles. The van der Waals surface area contributed by atoms with Crippen molar-refractivity contribution in [3.8, 4) is 5.75 Å². The minimum atomic E-state index is -0.218. The van der Waals surface area contributed by atoms with Gasteiger partial charge in [-0.2, -0.15) is 0 Å². The van der Waals surface area contributed by atoms with Crippen LogP contribution >= 0.6 is 11.8 Å². The lowest BCUT2D eigenvalue weighted by atomic mass is 10.00. The van der Waals surface area contributed by atoms with Gasteiger partial charge in [-0.3, -0.25) is 0 Å². The molecule has 2 aromatic carbocycles. The Morgan fingerprint density at radius 1 is 1.19 bits per heavy atom. The fourth-order valence-corrected chi connectivity index (χ4v) is 3.19. The van der Waals surface area contributed by atoms with E-state index in [4.69, 9.17) is 10.5 Å². The average molecular weight is 305 g/mol. The van der Waals surface area contributed by atoms with Gasteiger partial charge in [-0.15, -0.1) is 11.8 Å². The second-order valence-corrected chi connectivity index (χ2v) is 6.15. The summed E-state index contributed by atoms with van der Waals surface area (Å²) in [4.78, 5) is 0.897. The first-order valence-corrected chi connectivity index (χ1v) is 7.79. The summed E-state index contributed by atoms with van der Waals surface area (Å²) in [7, 11) is 1.67. The van der Waals surface area contributed by atoms with E-state index in [9.17, 15) is 4.39 Å². The predicted molar refractivity (Wildman–Crippen MR) is 86.5 cm³/mol. The van der Waals surface area contributed by atoms with Crippen LogP contribution in [0.15, 0.2) is 41.3 Å². The predicted octanol–water partition coefficient (Wildman–Crippen LogP) is 4.24. The Kier molecular flexibility index (Phi) is 5.26. The van der Waals surface area contributed by atoms with Crippen LogP contribution in [-0.4, -0.2) is 12.9 Å². The van der Waals surface area contributed by atoms with Crippen LogP contribution in [0.4, 0.5) is 4.39 Å². The molecule has 2 nitrogen and oxygen atoms in total. The zero-order chi connectivity index (χ0) is 15.4. The van der Waals surface area contributed by atoms with Crippen molar-refractivity contribution < 1.29 is 9.13 Å². The molecule has 0 bridgehead atoms. The SMILES string of the molecule is COc1cc(C)c(C(N)CSc2cccc(F)c2)cc1C. The number of methoxy groups -OCH3 is 1. The topological polar surface area (TPSA) is 35.2 Å². The quantitative estimate of drug-likeness (QED) is 0.839. The summed E-state index contributed by atoms with van der Waals surface area (Å²) < 4.78 is 18.5. The van der Waals surface area contributed by atoms with Crippen molar-refractivity contribution in [3.05, 3.63) is 58.9 Å². The van der Waals surface area contributed by atoms with Gasteiger partial charge >= 0.3 is 0 Å². The Morgan fingerprint density at radius 2 is 1.95 bits per heavy atom. The van der Waals surface area contributed by atoms with Crippen LogP contribution in [0, 0.1) is 19.7 Å². The van der Waals surface area contributed by atoms with Crippen LogP contribution in [0.1, 0.15) is 22.7 Å². The van der Waals surface area contributed by atoms with Crippen molar-refractivity contribution in [2.24, 2.45) is 5.73 Å². The lowest BCUT2D eigenvalue weighted by molar-refractivity contribution is 0.411. The van der Waals surface area contributed by atoms with Crippen molar-refractivity contribution in [3.63, 3.8) is 0 Å². The molecule has 2 aromatic rings. The third kappa shape index (κ3) is 3.99. The van der Waals surface area contributed by atoms with Crippen LogP contribution in [0.25, 0.3) is 0 Å². The second kappa shape index (κ2) is 6.96. The first-order chi connectivity index (χ1) is 10.0. The van der Waals surface area contributed by atoms with Gasteiger partial charge in [0.15, 0.2) is 0 Å². The third-order valence-electron chi connectivity index (χ3n) is 3.41. The highest BCUT2D eigenvalue weighted by molar-refractivity contribution is 7.99. The first kappa shape index (κ1) is 15.9. The molecule has 2 N–H and O–H groups in total. The van der Waals surface area contributed by atoms with Gasteiger partial charge in [0.25, 0.3) is 0 Å². The van der Waals surface area contributed by atoms with E-state index >= 15 is 0 Å². The maximum absolute atomic E-state index is 13.2. The minimum Gasteiger partial charge on any atom is -0.496 e. The molecule has 0 aliphatic carbocycles. The number of aryl methyl sites for hydroxylation is 2. The van der Waals surface area contributed by atoms with Crippen LogP contribution < -0.4 is 10.5 Å². The van der Waals surface area contributed by atoms with Gasteiger partial charge in [0.1, 0.15) is 11.6 Å². The van der Waals surface area contributed by atoms with E-state index in [0.717, 1.165) is 27.3 Å². The lowest BCUT2D eigenvalue weighted by Crippen LogP contribution is -2.14. The summed E-state index contributed by atoms with van der Waals surface area (Å²) in [6, 6.07) is 10.6. The molecule has 0 aliphatic heterocycles. The number of hydrogen-bond donors (Lipinski definition) is 1. The molecule has 0 radical (unpaired) electrons. The van der Waals surface area contributed by atoms with E-state index in [-0.39, 0.29) is 11.9 Å². The summed E-state index contributed by atoms with van der Waals surface area (Å²) >= 11 is 1.57. The van der Waals surface area contributed by atoms with Crippen LogP contribution in [-0.2, 0) is 0 Å². The monoisotopic (exact) mass is 305 g/mol. The molecular weight excluding hydrogens is 285 g/mol. The highest BCUT2D eigenvalue weighted by Gasteiger charge is 2.12. The Morgan fingerprint density at radius 3 is 2.62 bits per heavy atom. The molecule has 0 amide bonds. The van der Waals surface area contributed by atoms with Gasteiger partial charge < -0.3 is 10.5 Å². The summed E-state index contributed by atoms with van der Waals surface area (Å²) in [5, 5.41) is 0. The van der Waals surface area contributed by atoms with E-state index in [1.54, 1.807) is 24.9 Å². The first-order valence-electron chi connectivity index (χ1n) is 6.80. The maximum atomic E-state index is 13.2. The summed E-state index contributed by atoms with van der Waals surface area (Å²) in [5.41, 5.74) is 9.58. The van der Waals surface area contributed by atoms with Gasteiger partial charge in [-0.25, -0.2) is 4.39 Å². The van der Waals surface area contributed by atoms with Crippen molar-refractivity contribution in [2.45, 2.75) is 24.8 Å². The van der Waals surface area contributed by atoms with Crippen LogP contribution in [0.3, 0.4) is 0 Å². The van der Waals surface area contributed by atoms with Crippen molar-refractivity contribution in [2.75, 3.05) is 12.9 Å². The van der Waals surface area contributed by atoms with E-state index in [2.05, 4.69) is 6.07 Å². The molecule has 0 aliphatic rings. The van der Waals surface area contributed by atoms with Crippen molar-refractivity contribution >= 4 is 11.8 Å². The van der Waals surface area contributed by atoms with Gasteiger partial charge in [0, 0.05) is 16.7 Å². The molecule has 0 saturated carbocycles. The minimum absolute atomic E-state index is 0.0946. The Labute approximate surface area is 129 Å². The van der Waals surface area contributed by atoms with Crippen LogP contribution in [0.2, 0.25) is 0 Å². The molecule has 0 heterocycles. The molecule has 1 atom stereocenters. The normalized spacial score (nSPS) is 12.2. The molecular formula is C17H20FNOS. The average Bonchev–Trinajstić information content (AvgIpc) is 2.46. The lowest BCUT2D eigenvalue weighted by Gasteiger charge is -2.17. The Balaban J connectivity index is 2.10. The largest absolute Gasteiger partial charge is 0.496 e. The summed E-state index contributed by atoms with van der Waals surface area (Å²) in [5.74, 6) is 1.36. The zero-order valence-corrected chi connectivity index (χ0v) is 13.3. The number of ether oxygens (including phenoxy) is 1. The highest BCUT2D eigenvalue weighted by Crippen LogP contribution is 2.29. The van der Waals surface area contributed by atoms with E-state index in [1.807, 2.05) is 26.0 Å². The summed E-state index contributed by atoms with van der Waals surface area (Å²) in [6.45, 7) is 4.04. The van der Waals surface area contributed by atoms with E-state index < -0.39 is 0 Å². The van der Waals surface area contributed by atoms with Gasteiger partial charge in [0.05, 0.1) is 7.11 Å². The molecule has 0 fully saturated rings. The third-order valence-corrected chi connectivity index (χ3v) is 4.52. The molecule has 1 unspecified atom stereocenters. The highest BCUT2D eigenvalue weighted by atomic mass is 32.2. The number of rotatable bonds is 5. The fourth-order valence-electron chi connectivity index (χ4n) is 2.26. The smallest absolute Gasteiger partial charge is 0.124 e. The molecule has 0 spiro atoms. The van der Waals surface area contributed by atoms with Gasteiger partial charge in [-0.1, -0.05) is 12.1 Å². The van der Waals surface area contributed by atoms with Crippen molar-refractivity contribution in [1.82, 2.24) is 0 Å². The van der Waals surface area contributed by atoms with Gasteiger partial charge in [-0.05, 0) is 54.8 Å². The molecule has 112 valence electrons. The Bertz CT molecular complexity index is 630. The number of halogens is 1.